The maximum Gasteiger partial charge on any atom is 1.00 e. The minimum Gasteiger partial charge on any atom is -0.303 e. The van der Waals surface area contributed by atoms with Crippen LogP contribution in [0.25, 0.3) is 0 Å². The summed E-state index contributed by atoms with van der Waals surface area (Å²) in [6, 6.07) is 1.47. The second kappa shape index (κ2) is 3.58. The average molecular weight is 168 g/mol. The molecule has 0 unspecified atom stereocenters. The molecule has 0 amide bonds. The van der Waals surface area contributed by atoms with Crippen LogP contribution < -0.4 is 18.9 Å². The van der Waals surface area contributed by atoms with Gasteiger partial charge in [-0.25, -0.2) is 8.42 Å². The zero-order valence-electron chi connectivity index (χ0n) is 5.79. The Balaban J connectivity index is 0.000000810. The molecule has 1 heterocycles. The molecule has 0 radical (unpaired) electrons. The smallest absolute Gasteiger partial charge is 0.303 e. The van der Waals surface area contributed by atoms with Crippen LogP contribution in [0, 0.1) is 5.38 Å². The van der Waals surface area contributed by atoms with Crippen molar-refractivity contribution in [2.75, 3.05) is 6.26 Å². The van der Waals surface area contributed by atoms with E-state index in [9.17, 15) is 8.42 Å². The van der Waals surface area contributed by atoms with Crippen LogP contribution in [-0.4, -0.2) is 14.7 Å². The molecular weight excluding hydrogens is 163 g/mol. The molecule has 0 N–H and O–H groups in total. The van der Waals surface area contributed by atoms with Gasteiger partial charge in [-0.05, 0) is 0 Å². The quantitative estimate of drug-likeness (QED) is 0.357. The van der Waals surface area contributed by atoms with E-state index in [1.54, 1.807) is 5.38 Å². The van der Waals surface area contributed by atoms with Gasteiger partial charge in [0.2, 0.25) is 0 Å². The van der Waals surface area contributed by atoms with E-state index in [1.165, 1.54) is 23.7 Å². The fourth-order valence-electron chi connectivity index (χ4n) is 0.413. The molecule has 2 nitrogen and oxygen atoms in total. The van der Waals surface area contributed by atoms with Crippen molar-refractivity contribution in [3.05, 3.63) is 16.8 Å². The van der Waals surface area contributed by atoms with Crippen molar-refractivity contribution in [1.82, 2.24) is 0 Å². The fourth-order valence-corrected chi connectivity index (χ4v) is 2.05. The molecule has 0 aliphatic heterocycles. The number of hydrogen-bond donors (Lipinski definition) is 0. The monoisotopic (exact) mass is 168 g/mol. The Bertz CT molecular complexity index is 275. The number of hydrogen-bond acceptors (Lipinski definition) is 3. The molecule has 0 atom stereocenters. The van der Waals surface area contributed by atoms with E-state index in [2.05, 4.69) is 5.38 Å². The summed E-state index contributed by atoms with van der Waals surface area (Å²) in [6.45, 7) is 0. The van der Waals surface area contributed by atoms with Gasteiger partial charge in [0.1, 0.15) is 9.84 Å². The number of sulfone groups is 1. The van der Waals surface area contributed by atoms with E-state index in [0.29, 0.717) is 4.90 Å². The molecule has 10 heavy (non-hydrogen) atoms. The molecule has 0 aliphatic carbocycles. The molecule has 0 spiro atoms. The van der Waals surface area contributed by atoms with Crippen molar-refractivity contribution in [2.24, 2.45) is 0 Å². The van der Waals surface area contributed by atoms with Crippen LogP contribution in [0.2, 0.25) is 0 Å². The Morgan fingerprint density at radius 3 is 2.40 bits per heavy atom. The van der Waals surface area contributed by atoms with Crippen molar-refractivity contribution in [3.63, 3.8) is 0 Å². The normalized spacial score (nSPS) is 10.5. The summed E-state index contributed by atoms with van der Waals surface area (Å²) < 4.78 is 21.4. The van der Waals surface area contributed by atoms with Gasteiger partial charge >= 0.3 is 18.9 Å². The third-order valence-corrected chi connectivity index (χ3v) is 2.74. The van der Waals surface area contributed by atoms with Crippen molar-refractivity contribution < 1.29 is 27.3 Å². The first-order chi connectivity index (χ1) is 4.11. The molecule has 0 saturated heterocycles. The molecule has 0 fully saturated rings. The average Bonchev–Trinajstić information content (AvgIpc) is 2.08. The Kier molecular flexibility index (Phi) is 3.67. The van der Waals surface area contributed by atoms with Crippen LogP contribution in [0.1, 0.15) is 0 Å². The van der Waals surface area contributed by atoms with Gasteiger partial charge in [-0.15, -0.1) is 10.8 Å². The molecule has 0 aromatic carbocycles. The Labute approximate surface area is 76.4 Å². The molecule has 1 aromatic heterocycles. The van der Waals surface area contributed by atoms with Crippen LogP contribution in [0.4, 0.5) is 0 Å². The van der Waals surface area contributed by atoms with E-state index in [-0.39, 0.29) is 18.9 Å². The topological polar surface area (TPSA) is 34.1 Å². The Morgan fingerprint density at radius 2 is 2.20 bits per heavy atom. The molecule has 1 aromatic rings. The standard InChI is InChI=1S/C5H5O2S2.Li/c1-9(6,7)5-2-3-8-4-5;/h2,4H,1H3;/q-1;+1. The van der Waals surface area contributed by atoms with Gasteiger partial charge in [-0.2, -0.15) is 6.07 Å². The molecule has 0 aliphatic rings. The Morgan fingerprint density at radius 1 is 1.60 bits per heavy atom. The van der Waals surface area contributed by atoms with Crippen LogP contribution in [0.3, 0.4) is 0 Å². The molecular formula is C5H5LiO2S2. The van der Waals surface area contributed by atoms with Crippen molar-refractivity contribution in [3.8, 4) is 0 Å². The van der Waals surface area contributed by atoms with Gasteiger partial charge in [-0.3, -0.25) is 0 Å². The minimum atomic E-state index is -2.98. The molecule has 50 valence electrons. The van der Waals surface area contributed by atoms with E-state index in [1.807, 2.05) is 0 Å². The molecule has 5 heteroatoms. The van der Waals surface area contributed by atoms with Crippen molar-refractivity contribution >= 4 is 21.2 Å². The van der Waals surface area contributed by atoms with Crippen molar-refractivity contribution in [2.45, 2.75) is 4.90 Å². The number of thiophene rings is 1. The van der Waals surface area contributed by atoms with Gasteiger partial charge in [-0.1, -0.05) is 4.90 Å². The predicted octanol–water partition coefficient (Wildman–Crippen LogP) is -2.04. The van der Waals surface area contributed by atoms with E-state index >= 15 is 0 Å². The third kappa shape index (κ3) is 2.47. The first-order valence-electron chi connectivity index (χ1n) is 2.25. The summed E-state index contributed by atoms with van der Waals surface area (Å²) in [5.74, 6) is 0. The van der Waals surface area contributed by atoms with Gasteiger partial charge in [0, 0.05) is 6.26 Å². The van der Waals surface area contributed by atoms with Crippen LogP contribution in [0.5, 0.6) is 0 Å². The van der Waals surface area contributed by atoms with Gasteiger partial charge in [0.05, 0.1) is 0 Å². The summed E-state index contributed by atoms with van der Waals surface area (Å²) in [4.78, 5) is 0.354. The summed E-state index contributed by atoms with van der Waals surface area (Å²) in [5, 5.41) is 4.26. The summed E-state index contributed by atoms with van der Waals surface area (Å²) in [5.41, 5.74) is 0. The summed E-state index contributed by atoms with van der Waals surface area (Å²) in [6.07, 6.45) is 1.18. The molecule has 0 saturated carbocycles. The fraction of sp³-hybridized carbons (Fsp3) is 0.200. The zero-order chi connectivity index (χ0) is 6.91. The summed E-state index contributed by atoms with van der Waals surface area (Å²) in [7, 11) is -2.98. The Hall–Kier alpha value is 0.247. The SMILES string of the molecule is CS(=O)(=O)c1c[c-]sc1.[Li+]. The largest absolute Gasteiger partial charge is 1.00 e. The van der Waals surface area contributed by atoms with E-state index < -0.39 is 9.84 Å². The number of rotatable bonds is 1. The third-order valence-electron chi connectivity index (χ3n) is 0.872. The van der Waals surface area contributed by atoms with Crippen molar-refractivity contribution in [1.29, 1.82) is 0 Å². The van der Waals surface area contributed by atoms with Gasteiger partial charge < -0.3 is 11.3 Å². The maximum atomic E-state index is 10.7. The molecule has 0 bridgehead atoms. The second-order valence-electron chi connectivity index (χ2n) is 1.67. The maximum absolute atomic E-state index is 10.7. The van der Waals surface area contributed by atoms with Crippen LogP contribution in [0.15, 0.2) is 16.3 Å². The minimum absolute atomic E-state index is 0. The first kappa shape index (κ1) is 10.2. The van der Waals surface area contributed by atoms with Crippen LogP contribution >= 0.6 is 11.3 Å². The molecule has 1 rings (SSSR count). The predicted molar refractivity (Wildman–Crippen MR) is 36.3 cm³/mol. The van der Waals surface area contributed by atoms with E-state index in [4.69, 9.17) is 0 Å². The summed E-state index contributed by atoms with van der Waals surface area (Å²) >= 11 is 1.26. The van der Waals surface area contributed by atoms with Gasteiger partial charge in [0.15, 0.2) is 0 Å². The van der Waals surface area contributed by atoms with E-state index in [0.717, 1.165) is 0 Å². The van der Waals surface area contributed by atoms with Gasteiger partial charge in [0.25, 0.3) is 0 Å². The first-order valence-corrected chi connectivity index (χ1v) is 5.02. The second-order valence-corrected chi connectivity index (χ2v) is 4.40. The van der Waals surface area contributed by atoms with Crippen LogP contribution in [-0.2, 0) is 9.84 Å². The zero-order valence-corrected chi connectivity index (χ0v) is 7.42.